The minimum absolute atomic E-state index is 0.348. The van der Waals surface area contributed by atoms with Gasteiger partial charge in [-0.1, -0.05) is 0 Å². The predicted molar refractivity (Wildman–Crippen MR) is 109 cm³/mol. The molecule has 3 rings (SSSR count). The summed E-state index contributed by atoms with van der Waals surface area (Å²) in [6.07, 6.45) is 7.08. The van der Waals surface area contributed by atoms with Crippen molar-refractivity contribution in [2.75, 3.05) is 59.7 Å². The molecular formula is C21H35N3O4. The zero-order valence-electron chi connectivity index (χ0n) is 17.1. The molecule has 1 N–H and O–H groups in total. The monoisotopic (exact) mass is 393 g/mol. The number of rotatable bonds is 10. The SMILES string of the molecule is COCCCOC1CCN(C(=NCC2CCOC2)NCCc2ccco2)CC1. The van der Waals surface area contributed by atoms with Crippen LogP contribution in [0.5, 0.6) is 0 Å². The maximum atomic E-state index is 5.99. The van der Waals surface area contributed by atoms with Gasteiger partial charge in [0, 0.05) is 65.4 Å². The molecule has 2 saturated heterocycles. The number of piperidine rings is 1. The molecule has 1 unspecified atom stereocenters. The number of guanidine groups is 1. The molecule has 1 aromatic heterocycles. The molecule has 1 atom stereocenters. The Morgan fingerprint density at radius 3 is 2.89 bits per heavy atom. The fourth-order valence-electron chi connectivity index (χ4n) is 3.65. The van der Waals surface area contributed by atoms with Crippen molar-refractivity contribution >= 4 is 5.96 Å². The van der Waals surface area contributed by atoms with Gasteiger partial charge in [-0.3, -0.25) is 4.99 Å². The van der Waals surface area contributed by atoms with Gasteiger partial charge in [-0.25, -0.2) is 0 Å². The second kappa shape index (κ2) is 12.1. The van der Waals surface area contributed by atoms with Crippen molar-refractivity contribution in [3.05, 3.63) is 24.2 Å². The van der Waals surface area contributed by atoms with E-state index in [9.17, 15) is 0 Å². The van der Waals surface area contributed by atoms with Crippen molar-refractivity contribution in [1.82, 2.24) is 10.2 Å². The Bertz CT molecular complexity index is 550. The summed E-state index contributed by atoms with van der Waals surface area (Å²) in [5.41, 5.74) is 0. The van der Waals surface area contributed by atoms with Crippen LogP contribution in [0.15, 0.2) is 27.8 Å². The number of likely N-dealkylation sites (tertiary alicyclic amines) is 1. The van der Waals surface area contributed by atoms with E-state index < -0.39 is 0 Å². The largest absolute Gasteiger partial charge is 0.469 e. The number of hydrogen-bond acceptors (Lipinski definition) is 5. The Hall–Kier alpha value is -1.57. The van der Waals surface area contributed by atoms with Gasteiger partial charge in [0.25, 0.3) is 0 Å². The number of ether oxygens (including phenoxy) is 3. The zero-order valence-corrected chi connectivity index (χ0v) is 17.1. The van der Waals surface area contributed by atoms with Crippen molar-refractivity contribution in [2.24, 2.45) is 10.9 Å². The lowest BCUT2D eigenvalue weighted by molar-refractivity contribution is 0.00988. The Labute approximate surface area is 168 Å². The highest BCUT2D eigenvalue weighted by Crippen LogP contribution is 2.16. The van der Waals surface area contributed by atoms with Gasteiger partial charge in [0.15, 0.2) is 5.96 Å². The first kappa shape index (κ1) is 21.1. The lowest BCUT2D eigenvalue weighted by Crippen LogP contribution is -2.47. The average Bonchev–Trinajstić information content (AvgIpc) is 3.43. The van der Waals surface area contributed by atoms with Crippen LogP contribution in [0.4, 0.5) is 0 Å². The molecule has 0 aliphatic carbocycles. The van der Waals surface area contributed by atoms with Gasteiger partial charge in [0.05, 0.1) is 19.0 Å². The molecule has 0 saturated carbocycles. The van der Waals surface area contributed by atoms with Crippen LogP contribution in [-0.2, 0) is 20.6 Å². The lowest BCUT2D eigenvalue weighted by atomic mass is 10.1. The van der Waals surface area contributed by atoms with Gasteiger partial charge < -0.3 is 28.8 Å². The zero-order chi connectivity index (χ0) is 19.4. The van der Waals surface area contributed by atoms with Gasteiger partial charge in [-0.05, 0) is 37.8 Å². The molecule has 2 aliphatic rings. The first-order chi connectivity index (χ1) is 13.8. The highest BCUT2D eigenvalue weighted by molar-refractivity contribution is 5.80. The molecule has 7 nitrogen and oxygen atoms in total. The minimum atomic E-state index is 0.348. The summed E-state index contributed by atoms with van der Waals surface area (Å²) in [4.78, 5) is 7.29. The summed E-state index contributed by atoms with van der Waals surface area (Å²) in [7, 11) is 1.73. The second-order valence-corrected chi connectivity index (χ2v) is 7.55. The molecule has 2 aliphatic heterocycles. The smallest absolute Gasteiger partial charge is 0.193 e. The molecule has 28 heavy (non-hydrogen) atoms. The van der Waals surface area contributed by atoms with Gasteiger partial charge in [-0.2, -0.15) is 0 Å². The molecule has 0 aromatic carbocycles. The first-order valence-electron chi connectivity index (χ1n) is 10.6. The van der Waals surface area contributed by atoms with E-state index in [1.807, 2.05) is 12.1 Å². The van der Waals surface area contributed by atoms with Gasteiger partial charge in [0.1, 0.15) is 5.76 Å². The molecule has 0 radical (unpaired) electrons. The Balaban J connectivity index is 1.46. The van der Waals surface area contributed by atoms with E-state index in [1.165, 1.54) is 0 Å². The number of aliphatic imine (C=N–C) groups is 1. The van der Waals surface area contributed by atoms with E-state index in [0.717, 1.165) is 96.4 Å². The van der Waals surface area contributed by atoms with Crippen LogP contribution in [0, 0.1) is 5.92 Å². The predicted octanol–water partition coefficient (Wildman–Crippen LogP) is 2.32. The summed E-state index contributed by atoms with van der Waals surface area (Å²) in [6.45, 7) is 6.85. The number of hydrogen-bond donors (Lipinski definition) is 1. The first-order valence-corrected chi connectivity index (χ1v) is 10.6. The fraction of sp³-hybridized carbons (Fsp3) is 0.762. The summed E-state index contributed by atoms with van der Waals surface area (Å²) in [6, 6.07) is 3.95. The van der Waals surface area contributed by atoms with Gasteiger partial charge >= 0.3 is 0 Å². The van der Waals surface area contributed by atoms with Crippen molar-refractivity contribution in [1.29, 1.82) is 0 Å². The van der Waals surface area contributed by atoms with Crippen molar-refractivity contribution < 1.29 is 18.6 Å². The van der Waals surface area contributed by atoms with Crippen LogP contribution in [0.3, 0.4) is 0 Å². The van der Waals surface area contributed by atoms with E-state index in [1.54, 1.807) is 13.4 Å². The molecule has 0 bridgehead atoms. The number of furan rings is 1. The molecule has 158 valence electrons. The van der Waals surface area contributed by atoms with Gasteiger partial charge in [0.2, 0.25) is 0 Å². The molecule has 3 heterocycles. The summed E-state index contributed by atoms with van der Waals surface area (Å²) in [5, 5.41) is 3.54. The topological polar surface area (TPSA) is 68.5 Å². The number of nitrogens with one attached hydrogen (secondary N) is 1. The van der Waals surface area contributed by atoms with Crippen LogP contribution in [0.1, 0.15) is 31.4 Å². The molecule has 0 amide bonds. The maximum Gasteiger partial charge on any atom is 0.193 e. The summed E-state index contributed by atoms with van der Waals surface area (Å²) < 4.78 is 22.0. The van der Waals surface area contributed by atoms with E-state index in [4.69, 9.17) is 23.6 Å². The molecule has 1 aromatic rings. The minimum Gasteiger partial charge on any atom is -0.469 e. The fourth-order valence-corrected chi connectivity index (χ4v) is 3.65. The summed E-state index contributed by atoms with van der Waals surface area (Å²) in [5.74, 6) is 2.55. The highest BCUT2D eigenvalue weighted by atomic mass is 16.5. The van der Waals surface area contributed by atoms with E-state index in [-0.39, 0.29) is 0 Å². The Morgan fingerprint density at radius 1 is 1.29 bits per heavy atom. The molecule has 7 heteroatoms. The third-order valence-electron chi connectivity index (χ3n) is 5.35. The van der Waals surface area contributed by atoms with Crippen molar-refractivity contribution in [3.63, 3.8) is 0 Å². The third-order valence-corrected chi connectivity index (χ3v) is 5.35. The van der Waals surface area contributed by atoms with E-state index in [0.29, 0.717) is 12.0 Å². The number of methoxy groups -OCH3 is 1. The second-order valence-electron chi connectivity index (χ2n) is 7.55. The van der Waals surface area contributed by atoms with Crippen LogP contribution in [0.2, 0.25) is 0 Å². The third kappa shape index (κ3) is 7.11. The van der Waals surface area contributed by atoms with Crippen LogP contribution in [0.25, 0.3) is 0 Å². The quantitative estimate of drug-likeness (QED) is 0.374. The van der Waals surface area contributed by atoms with Crippen LogP contribution in [-0.4, -0.2) is 76.7 Å². The summed E-state index contributed by atoms with van der Waals surface area (Å²) >= 11 is 0. The van der Waals surface area contributed by atoms with E-state index in [2.05, 4.69) is 10.2 Å². The number of nitrogens with zero attached hydrogens (tertiary/aromatic N) is 2. The van der Waals surface area contributed by atoms with E-state index >= 15 is 0 Å². The van der Waals surface area contributed by atoms with Gasteiger partial charge in [-0.15, -0.1) is 0 Å². The van der Waals surface area contributed by atoms with Crippen molar-refractivity contribution in [2.45, 2.75) is 38.2 Å². The standard InChI is InChI=1S/C21H35N3O4/c1-25-12-3-14-28-20-6-10-24(11-7-20)21(23-16-18-8-15-26-17-18)22-9-5-19-4-2-13-27-19/h2,4,13,18,20H,3,5-12,14-17H2,1H3,(H,22,23). The molecule has 0 spiro atoms. The molecule has 2 fully saturated rings. The van der Waals surface area contributed by atoms with Crippen molar-refractivity contribution in [3.8, 4) is 0 Å². The highest BCUT2D eigenvalue weighted by Gasteiger charge is 2.23. The Morgan fingerprint density at radius 2 is 2.18 bits per heavy atom. The lowest BCUT2D eigenvalue weighted by Gasteiger charge is -2.34. The maximum absolute atomic E-state index is 5.99. The molecular weight excluding hydrogens is 358 g/mol. The average molecular weight is 394 g/mol. The Kier molecular flexibility index (Phi) is 9.13. The van der Waals surface area contributed by atoms with Crippen LogP contribution < -0.4 is 5.32 Å². The normalized spacial score (nSPS) is 21.4. The van der Waals surface area contributed by atoms with Crippen LogP contribution >= 0.6 is 0 Å².